The van der Waals surface area contributed by atoms with Gasteiger partial charge in [-0.3, -0.25) is 4.55 Å². The molecule has 0 aliphatic carbocycles. The molecule has 1 N–H and O–H groups in total. The van der Waals surface area contributed by atoms with E-state index in [1.165, 1.54) is 0 Å². The van der Waals surface area contributed by atoms with Crippen LogP contribution in [0.5, 0.6) is 0 Å². The van der Waals surface area contributed by atoms with Crippen molar-refractivity contribution in [1.29, 1.82) is 0 Å². The van der Waals surface area contributed by atoms with Gasteiger partial charge in [0.2, 0.25) is 0 Å². The van der Waals surface area contributed by atoms with E-state index in [9.17, 15) is 8.42 Å². The second-order valence-electron chi connectivity index (χ2n) is 2.82. The van der Waals surface area contributed by atoms with Gasteiger partial charge in [-0.15, -0.1) is 0 Å². The Morgan fingerprint density at radius 1 is 1.36 bits per heavy atom. The number of hydrogen-bond donors (Lipinski definition) is 1. The minimum atomic E-state index is -4.08. The first-order valence-electron chi connectivity index (χ1n) is 3.80. The average Bonchev–Trinajstić information content (AvgIpc) is 2.02. The Labute approximate surface area is 87.8 Å². The van der Waals surface area contributed by atoms with E-state index >= 15 is 0 Å². The first kappa shape index (κ1) is 11.2. The Morgan fingerprint density at radius 2 is 1.86 bits per heavy atom. The fourth-order valence-electron chi connectivity index (χ4n) is 1.00. The molecule has 5 heteroatoms. The Morgan fingerprint density at radius 3 is 2.29 bits per heavy atom. The number of rotatable bonds is 2. The van der Waals surface area contributed by atoms with E-state index in [0.717, 1.165) is 5.41 Å². The molecule has 0 fully saturated rings. The van der Waals surface area contributed by atoms with Gasteiger partial charge < -0.3 is 0 Å². The second kappa shape index (κ2) is 4.13. The third kappa shape index (κ3) is 3.49. The van der Waals surface area contributed by atoms with Crippen LogP contribution >= 0.6 is 11.6 Å². The Bertz CT molecular complexity index is 445. The van der Waals surface area contributed by atoms with Crippen molar-refractivity contribution in [2.45, 2.75) is 6.92 Å². The predicted octanol–water partition coefficient (Wildman–Crippen LogP) is 2.59. The smallest absolute Gasteiger partial charge is 0.282 e. The van der Waals surface area contributed by atoms with Crippen LogP contribution in [0.25, 0.3) is 5.57 Å². The van der Waals surface area contributed by atoms with Crippen LogP contribution in [0.15, 0.2) is 29.7 Å². The van der Waals surface area contributed by atoms with Gasteiger partial charge >= 0.3 is 0 Å². The molecule has 0 aromatic heterocycles. The summed E-state index contributed by atoms with van der Waals surface area (Å²) in [5.74, 6) is 0. The second-order valence-corrected chi connectivity index (χ2v) is 4.52. The molecule has 0 aliphatic rings. The zero-order chi connectivity index (χ0) is 10.8. The maximum absolute atomic E-state index is 10.5. The van der Waals surface area contributed by atoms with Gasteiger partial charge in [0, 0.05) is 5.02 Å². The van der Waals surface area contributed by atoms with Crippen molar-refractivity contribution < 1.29 is 13.0 Å². The Kier molecular flexibility index (Phi) is 3.31. The van der Waals surface area contributed by atoms with E-state index in [0.29, 0.717) is 16.2 Å². The molecule has 0 aliphatic heterocycles. The van der Waals surface area contributed by atoms with Crippen molar-refractivity contribution in [1.82, 2.24) is 0 Å². The van der Waals surface area contributed by atoms with Crippen LogP contribution in [-0.4, -0.2) is 13.0 Å². The van der Waals surface area contributed by atoms with E-state index in [-0.39, 0.29) is 0 Å². The van der Waals surface area contributed by atoms with Crippen molar-refractivity contribution in [3.8, 4) is 0 Å². The topological polar surface area (TPSA) is 54.4 Å². The van der Waals surface area contributed by atoms with E-state index in [4.69, 9.17) is 16.2 Å². The van der Waals surface area contributed by atoms with Crippen LogP contribution in [0.1, 0.15) is 12.5 Å². The summed E-state index contributed by atoms with van der Waals surface area (Å²) in [6, 6.07) is 6.66. The lowest BCUT2D eigenvalue weighted by molar-refractivity contribution is 0.494. The monoisotopic (exact) mass is 232 g/mol. The maximum Gasteiger partial charge on any atom is 0.287 e. The summed E-state index contributed by atoms with van der Waals surface area (Å²) in [5, 5.41) is 1.38. The average molecular weight is 233 g/mol. The van der Waals surface area contributed by atoms with Gasteiger partial charge in [-0.2, -0.15) is 8.42 Å². The van der Waals surface area contributed by atoms with Gasteiger partial charge in [-0.1, -0.05) is 23.7 Å². The fourth-order valence-corrected chi connectivity index (χ4v) is 1.71. The summed E-state index contributed by atoms with van der Waals surface area (Å²) in [6.07, 6.45) is 0. The first-order valence-corrected chi connectivity index (χ1v) is 5.68. The van der Waals surface area contributed by atoms with E-state index in [1.807, 2.05) is 0 Å². The molecule has 14 heavy (non-hydrogen) atoms. The van der Waals surface area contributed by atoms with Crippen molar-refractivity contribution in [2.75, 3.05) is 0 Å². The third-order valence-electron chi connectivity index (χ3n) is 1.63. The molecule has 0 saturated heterocycles. The summed E-state index contributed by atoms with van der Waals surface area (Å²) in [6.45, 7) is 1.59. The normalized spacial score (nSPS) is 12.9. The zero-order valence-electron chi connectivity index (χ0n) is 7.44. The van der Waals surface area contributed by atoms with Crippen molar-refractivity contribution in [3.63, 3.8) is 0 Å². The van der Waals surface area contributed by atoms with Crippen LogP contribution in [0.3, 0.4) is 0 Å². The van der Waals surface area contributed by atoms with Crippen LogP contribution in [0.2, 0.25) is 5.02 Å². The Hall–Kier alpha value is -0.840. The summed E-state index contributed by atoms with van der Waals surface area (Å²) < 4.78 is 29.6. The van der Waals surface area contributed by atoms with Gasteiger partial charge in [0.05, 0.1) is 5.41 Å². The van der Waals surface area contributed by atoms with Crippen molar-refractivity contribution in [2.24, 2.45) is 0 Å². The molecule has 0 atom stereocenters. The lowest BCUT2D eigenvalue weighted by atomic mass is 10.1. The molecule has 1 aromatic carbocycles. The molecule has 1 rings (SSSR count). The van der Waals surface area contributed by atoms with Crippen molar-refractivity contribution in [3.05, 3.63) is 40.3 Å². The van der Waals surface area contributed by atoms with Gasteiger partial charge in [0.15, 0.2) is 0 Å². The number of allylic oxidation sites excluding steroid dienone is 1. The highest BCUT2D eigenvalue weighted by atomic mass is 35.5. The quantitative estimate of drug-likeness (QED) is 0.798. The molecule has 0 spiro atoms. The number of benzene rings is 1. The highest BCUT2D eigenvalue weighted by Gasteiger charge is 2.02. The van der Waals surface area contributed by atoms with Gasteiger partial charge in [-0.05, 0) is 30.2 Å². The molecule has 0 heterocycles. The standard InChI is InChI=1S/C9H9ClO3S/c1-7(6-14(11,12)13)8-2-4-9(10)5-3-8/h2-6H,1H3,(H,11,12,13). The molecule has 0 unspecified atom stereocenters. The molecule has 0 radical (unpaired) electrons. The maximum atomic E-state index is 10.5. The Balaban J connectivity index is 3.07. The fraction of sp³-hybridized carbons (Fsp3) is 0.111. The molecule has 3 nitrogen and oxygen atoms in total. The summed E-state index contributed by atoms with van der Waals surface area (Å²) in [7, 11) is -4.08. The van der Waals surface area contributed by atoms with Crippen LogP contribution in [-0.2, 0) is 10.1 Å². The lowest BCUT2D eigenvalue weighted by Crippen LogP contribution is -1.92. The SMILES string of the molecule is CC(=CS(=O)(=O)O)c1ccc(Cl)cc1. The van der Waals surface area contributed by atoms with Crippen LogP contribution < -0.4 is 0 Å². The minimum absolute atomic E-state index is 0.462. The van der Waals surface area contributed by atoms with E-state index in [2.05, 4.69) is 0 Å². The number of hydrogen-bond acceptors (Lipinski definition) is 2. The highest BCUT2D eigenvalue weighted by molar-refractivity contribution is 7.89. The molecular formula is C9H9ClO3S. The van der Waals surface area contributed by atoms with E-state index in [1.54, 1.807) is 31.2 Å². The summed E-state index contributed by atoms with van der Waals surface area (Å²) in [5.41, 5.74) is 1.16. The lowest BCUT2D eigenvalue weighted by Gasteiger charge is -2.00. The molecule has 76 valence electrons. The third-order valence-corrected chi connectivity index (χ3v) is 2.53. The first-order chi connectivity index (χ1) is 6.38. The van der Waals surface area contributed by atoms with Gasteiger partial charge in [-0.25, -0.2) is 0 Å². The minimum Gasteiger partial charge on any atom is -0.282 e. The summed E-state index contributed by atoms with van der Waals surface area (Å²) in [4.78, 5) is 0. The van der Waals surface area contributed by atoms with Gasteiger partial charge in [0.25, 0.3) is 10.1 Å². The van der Waals surface area contributed by atoms with Crippen LogP contribution in [0.4, 0.5) is 0 Å². The molecule has 1 aromatic rings. The number of halogens is 1. The zero-order valence-corrected chi connectivity index (χ0v) is 9.01. The van der Waals surface area contributed by atoms with Gasteiger partial charge in [0.1, 0.15) is 0 Å². The highest BCUT2D eigenvalue weighted by Crippen LogP contribution is 2.17. The molecule has 0 amide bonds. The molecular weight excluding hydrogens is 224 g/mol. The van der Waals surface area contributed by atoms with Crippen molar-refractivity contribution >= 4 is 27.3 Å². The largest absolute Gasteiger partial charge is 0.287 e. The molecule has 0 bridgehead atoms. The molecule has 0 saturated carbocycles. The summed E-state index contributed by atoms with van der Waals surface area (Å²) >= 11 is 5.66. The van der Waals surface area contributed by atoms with E-state index < -0.39 is 10.1 Å². The van der Waals surface area contributed by atoms with Crippen LogP contribution in [0, 0.1) is 0 Å². The predicted molar refractivity (Wildman–Crippen MR) is 56.7 cm³/mol.